The molecule has 1 heterocycles. The van der Waals surface area contributed by atoms with Gasteiger partial charge in [0.05, 0.1) is 0 Å². The number of rotatable bonds is 0. The zero-order valence-electron chi connectivity index (χ0n) is 3.16. The summed E-state index contributed by atoms with van der Waals surface area (Å²) >= 11 is 0. The predicted octanol–water partition coefficient (Wildman–Crippen LogP) is -0.368. The minimum absolute atomic E-state index is 0. The first-order valence-electron chi connectivity index (χ1n) is 1.32. The van der Waals surface area contributed by atoms with Gasteiger partial charge in [-0.05, 0) is 0 Å². The van der Waals surface area contributed by atoms with Crippen molar-refractivity contribution in [2.24, 2.45) is 0 Å². The van der Waals surface area contributed by atoms with E-state index in [1.807, 2.05) is 0 Å². The number of hydrogen-bond donors (Lipinski definition) is 0. The van der Waals surface area contributed by atoms with Crippen LogP contribution in [0.4, 0.5) is 0 Å². The molecule has 0 amide bonds. The Labute approximate surface area is 38.4 Å². The van der Waals surface area contributed by atoms with Gasteiger partial charge in [0, 0.05) is 8.41 Å². The Morgan fingerprint density at radius 3 is 2.67 bits per heavy atom. The second kappa shape index (κ2) is 2.69. The maximum atomic E-state index is 4.47. The van der Waals surface area contributed by atoms with E-state index in [-0.39, 0.29) is 8.41 Å². The summed E-state index contributed by atoms with van der Waals surface area (Å²) in [6.07, 6.45) is 3.10. The van der Waals surface area contributed by atoms with Gasteiger partial charge >= 0.3 is 28.9 Å². The molecule has 3 radical (unpaired) electrons. The van der Waals surface area contributed by atoms with Crippen LogP contribution < -0.4 is 0 Å². The summed E-state index contributed by atoms with van der Waals surface area (Å²) in [4.78, 5) is 3.56. The molecule has 0 aliphatic heterocycles. The van der Waals surface area contributed by atoms with Crippen LogP contribution in [0, 0.1) is 0 Å². The maximum absolute atomic E-state index is 4.47. The number of hydrogen-bond acceptors (Lipinski definition) is 2. The quantitative estimate of drug-likeness (QED) is 0.395. The molecule has 0 aliphatic rings. The zero-order chi connectivity index (χ0) is 3.54. The Balaban J connectivity index is 0.000000250. The molecule has 27 valence electrons. The molecular formula is C2H2B2NO. The van der Waals surface area contributed by atoms with E-state index >= 15 is 0 Å². The molecule has 0 spiro atoms. The van der Waals surface area contributed by atoms with Crippen LogP contribution in [0.2, 0.25) is 0 Å². The topological polar surface area (TPSA) is 26.0 Å². The Bertz CT molecular complexity index is 68.0. The van der Waals surface area contributed by atoms with Gasteiger partial charge < -0.3 is 0 Å². The average Bonchev–Trinajstić information content (AvgIpc) is 1.76. The standard InChI is InChI=1S/C2H2BNO.B/c1-2-5-3-4-1;/h1-2H;. The molecule has 0 N–H and O–H groups in total. The normalized spacial score (nSPS) is 6.00. The summed E-state index contributed by atoms with van der Waals surface area (Å²) in [6.45, 7) is 0. The van der Waals surface area contributed by atoms with Crippen LogP contribution in [0.5, 0.6) is 0 Å². The third-order valence-electron chi connectivity index (χ3n) is 0.347. The van der Waals surface area contributed by atoms with E-state index in [1.54, 1.807) is 6.20 Å². The van der Waals surface area contributed by atoms with Crippen molar-refractivity contribution in [2.45, 2.75) is 0 Å². The second-order valence-electron chi connectivity index (χ2n) is 0.676. The van der Waals surface area contributed by atoms with Crippen LogP contribution in [0.1, 0.15) is 0 Å². The molecule has 1 aromatic heterocycles. The molecule has 6 heavy (non-hydrogen) atoms. The van der Waals surface area contributed by atoms with Crippen molar-refractivity contribution >= 4 is 15.7 Å². The zero-order valence-corrected chi connectivity index (χ0v) is 3.16. The Morgan fingerprint density at radius 2 is 2.50 bits per heavy atom. The third kappa shape index (κ3) is 1.06. The summed E-state index contributed by atoms with van der Waals surface area (Å²) in [6, 6.07) is 0. The van der Waals surface area contributed by atoms with Crippen LogP contribution in [0.15, 0.2) is 16.8 Å². The predicted molar refractivity (Wildman–Crippen MR) is 23.6 cm³/mol. The molecule has 0 saturated heterocycles. The van der Waals surface area contributed by atoms with Crippen molar-refractivity contribution in [3.05, 3.63) is 12.5 Å². The molecule has 0 unspecified atom stereocenters. The molecule has 0 bridgehead atoms. The fraction of sp³-hybridized carbons (Fsp3) is 0. The Morgan fingerprint density at radius 1 is 1.67 bits per heavy atom. The summed E-state index contributed by atoms with van der Waals surface area (Å²) in [5, 5.41) is 0. The molecule has 2 nitrogen and oxygen atoms in total. The molecule has 0 aromatic carbocycles. The summed E-state index contributed by atoms with van der Waals surface area (Å²) in [7, 11) is 1.38. The monoisotopic (exact) mass is 78.0 g/mol. The first-order valence-corrected chi connectivity index (χ1v) is 1.32. The molecular weight excluding hydrogens is 75.7 g/mol. The number of nitrogens with zero attached hydrogens (tertiary/aromatic N) is 1. The van der Waals surface area contributed by atoms with Crippen molar-refractivity contribution in [1.82, 2.24) is 4.89 Å². The summed E-state index contributed by atoms with van der Waals surface area (Å²) in [5.74, 6) is 0. The van der Waals surface area contributed by atoms with Gasteiger partial charge in [0.2, 0.25) is 0 Å². The van der Waals surface area contributed by atoms with E-state index in [2.05, 4.69) is 9.22 Å². The van der Waals surface area contributed by atoms with Crippen molar-refractivity contribution in [3.8, 4) is 0 Å². The van der Waals surface area contributed by atoms with Crippen molar-refractivity contribution < 1.29 is 4.33 Å². The summed E-state index contributed by atoms with van der Waals surface area (Å²) in [5.41, 5.74) is 0. The van der Waals surface area contributed by atoms with Gasteiger partial charge in [0.15, 0.2) is 0 Å². The van der Waals surface area contributed by atoms with E-state index in [0.29, 0.717) is 0 Å². The van der Waals surface area contributed by atoms with Gasteiger partial charge in [-0.1, -0.05) is 0 Å². The molecule has 0 fully saturated rings. The first kappa shape index (κ1) is 5.47. The van der Waals surface area contributed by atoms with Gasteiger partial charge in [-0.3, -0.25) is 0 Å². The van der Waals surface area contributed by atoms with Gasteiger partial charge in [0.1, 0.15) is 0 Å². The summed E-state index contributed by atoms with van der Waals surface area (Å²) < 4.78 is 4.47. The van der Waals surface area contributed by atoms with E-state index in [4.69, 9.17) is 0 Å². The van der Waals surface area contributed by atoms with Crippen molar-refractivity contribution in [1.29, 1.82) is 0 Å². The Hall–Kier alpha value is -0.530. The van der Waals surface area contributed by atoms with Crippen LogP contribution in [0.3, 0.4) is 0 Å². The van der Waals surface area contributed by atoms with Crippen LogP contribution in [-0.4, -0.2) is 20.6 Å². The van der Waals surface area contributed by atoms with Crippen LogP contribution >= 0.6 is 0 Å². The Kier molecular flexibility index (Phi) is 2.46. The van der Waals surface area contributed by atoms with E-state index in [0.717, 1.165) is 0 Å². The first-order chi connectivity index (χ1) is 2.50. The van der Waals surface area contributed by atoms with Gasteiger partial charge in [0.25, 0.3) is 0 Å². The molecule has 0 atom stereocenters. The van der Waals surface area contributed by atoms with Crippen LogP contribution in [-0.2, 0) is 0 Å². The molecule has 1 aromatic rings. The van der Waals surface area contributed by atoms with E-state index in [9.17, 15) is 0 Å². The molecule has 0 aliphatic carbocycles. The number of aromatic nitrogens is 1. The molecule has 0 saturated carbocycles. The van der Waals surface area contributed by atoms with Gasteiger partial charge in [-0.2, -0.15) is 0 Å². The second-order valence-corrected chi connectivity index (χ2v) is 0.676. The van der Waals surface area contributed by atoms with Gasteiger partial charge in [-0.25, -0.2) is 0 Å². The third-order valence-corrected chi connectivity index (χ3v) is 0.347. The average molecular weight is 77.7 g/mol. The van der Waals surface area contributed by atoms with Crippen LogP contribution in [0.25, 0.3) is 0 Å². The van der Waals surface area contributed by atoms with E-state index < -0.39 is 0 Å². The fourth-order valence-corrected chi connectivity index (χ4v) is 0.176. The minimum atomic E-state index is 0. The van der Waals surface area contributed by atoms with Crippen molar-refractivity contribution in [2.75, 3.05) is 0 Å². The SMILES string of the molecule is [B].b1ncco1. The van der Waals surface area contributed by atoms with E-state index in [1.165, 1.54) is 13.5 Å². The van der Waals surface area contributed by atoms with Gasteiger partial charge in [-0.15, -0.1) is 0 Å². The molecule has 4 heteroatoms. The molecule has 1 rings (SSSR count). The fourth-order valence-electron chi connectivity index (χ4n) is 0.176. The van der Waals surface area contributed by atoms with Crippen molar-refractivity contribution in [3.63, 3.8) is 0 Å².